The van der Waals surface area contributed by atoms with E-state index < -0.39 is 11.2 Å². The molecular weight excluding hydrogens is 251 g/mol. The molecule has 7 heteroatoms. The number of aromatic amines is 2. The number of H-pyrrole nitrogens is 2. The fraction of sp³-hybridized carbons (Fsp3) is 0.0833. The molecule has 3 rings (SSSR count). The summed E-state index contributed by atoms with van der Waals surface area (Å²) in [6.07, 6.45) is 1.23. The van der Waals surface area contributed by atoms with Crippen LogP contribution in [0.25, 0.3) is 11.2 Å². The van der Waals surface area contributed by atoms with Crippen molar-refractivity contribution < 1.29 is 4.39 Å². The van der Waals surface area contributed by atoms with Gasteiger partial charge in [-0.3, -0.25) is 14.3 Å². The zero-order valence-corrected chi connectivity index (χ0v) is 9.68. The van der Waals surface area contributed by atoms with E-state index in [2.05, 4.69) is 15.0 Å². The Morgan fingerprint density at radius 3 is 2.68 bits per heavy atom. The molecule has 96 valence electrons. The molecule has 0 aliphatic rings. The van der Waals surface area contributed by atoms with Crippen LogP contribution < -0.4 is 11.2 Å². The second-order valence-corrected chi connectivity index (χ2v) is 4.07. The van der Waals surface area contributed by atoms with Crippen molar-refractivity contribution >= 4 is 11.2 Å². The lowest BCUT2D eigenvalue weighted by molar-refractivity contribution is 0.626. The van der Waals surface area contributed by atoms with Crippen LogP contribution in [0.1, 0.15) is 5.56 Å². The van der Waals surface area contributed by atoms with Gasteiger partial charge in [0, 0.05) is 0 Å². The van der Waals surface area contributed by atoms with Gasteiger partial charge in [0.15, 0.2) is 11.2 Å². The smallest absolute Gasteiger partial charge is 0.311 e. The fourth-order valence-electron chi connectivity index (χ4n) is 1.93. The Kier molecular flexibility index (Phi) is 2.52. The van der Waals surface area contributed by atoms with E-state index in [1.165, 1.54) is 23.0 Å². The van der Waals surface area contributed by atoms with Crippen molar-refractivity contribution in [3.8, 4) is 0 Å². The first-order valence-corrected chi connectivity index (χ1v) is 5.56. The monoisotopic (exact) mass is 260 g/mol. The number of rotatable bonds is 2. The molecule has 6 nitrogen and oxygen atoms in total. The Balaban J connectivity index is 2.15. The minimum absolute atomic E-state index is 0.174. The molecule has 0 radical (unpaired) electrons. The predicted octanol–water partition coefficient (Wildman–Crippen LogP) is 0.600. The third kappa shape index (κ3) is 1.95. The molecule has 0 fully saturated rings. The van der Waals surface area contributed by atoms with Crippen LogP contribution in [0, 0.1) is 5.82 Å². The van der Waals surface area contributed by atoms with E-state index in [-0.39, 0.29) is 23.5 Å². The Morgan fingerprint density at radius 1 is 1.21 bits per heavy atom. The van der Waals surface area contributed by atoms with E-state index >= 15 is 0 Å². The maximum Gasteiger partial charge on any atom is 0.328 e. The quantitative estimate of drug-likeness (QED) is 0.707. The molecule has 0 bridgehead atoms. The number of fused-ring (bicyclic) bond motifs is 1. The zero-order chi connectivity index (χ0) is 13.4. The number of nitrogens with one attached hydrogen (secondary N) is 2. The highest BCUT2D eigenvalue weighted by molar-refractivity contribution is 5.68. The van der Waals surface area contributed by atoms with E-state index in [0.29, 0.717) is 5.56 Å². The molecule has 0 amide bonds. The van der Waals surface area contributed by atoms with Crippen molar-refractivity contribution in [1.82, 2.24) is 19.5 Å². The lowest BCUT2D eigenvalue weighted by Gasteiger charge is -2.02. The number of hydrogen-bond donors (Lipinski definition) is 2. The molecular formula is C12H9FN4O2. The summed E-state index contributed by atoms with van der Waals surface area (Å²) in [4.78, 5) is 32.3. The highest BCUT2D eigenvalue weighted by atomic mass is 19.1. The molecule has 19 heavy (non-hydrogen) atoms. The summed E-state index contributed by atoms with van der Waals surface area (Å²) in [6.45, 7) is 0.174. The molecule has 2 heterocycles. The van der Waals surface area contributed by atoms with Crippen molar-refractivity contribution in [2.24, 2.45) is 0 Å². The first-order chi connectivity index (χ1) is 9.15. The summed E-state index contributed by atoms with van der Waals surface area (Å²) in [5.74, 6) is -0.352. The molecule has 0 unspecified atom stereocenters. The van der Waals surface area contributed by atoms with Gasteiger partial charge in [0.25, 0.3) is 5.56 Å². The molecule has 1 aromatic carbocycles. The van der Waals surface area contributed by atoms with Gasteiger partial charge in [-0.2, -0.15) is 0 Å². The van der Waals surface area contributed by atoms with Crippen molar-refractivity contribution in [1.29, 1.82) is 0 Å². The van der Waals surface area contributed by atoms with Gasteiger partial charge < -0.3 is 4.98 Å². The number of aromatic nitrogens is 4. The number of halogens is 1. The molecule has 0 spiro atoms. The lowest BCUT2D eigenvalue weighted by atomic mass is 10.2. The summed E-state index contributed by atoms with van der Waals surface area (Å²) in [6, 6.07) is 5.73. The van der Waals surface area contributed by atoms with E-state index in [1.807, 2.05) is 0 Å². The van der Waals surface area contributed by atoms with Gasteiger partial charge in [0.05, 0.1) is 12.9 Å². The van der Waals surface area contributed by atoms with Crippen molar-refractivity contribution in [2.75, 3.05) is 0 Å². The maximum atomic E-state index is 12.8. The highest BCUT2D eigenvalue weighted by Crippen LogP contribution is 2.07. The minimum Gasteiger partial charge on any atom is -0.311 e. The van der Waals surface area contributed by atoms with Crippen LogP contribution in [0.15, 0.2) is 40.2 Å². The number of hydrogen-bond acceptors (Lipinski definition) is 3. The molecule has 2 N–H and O–H groups in total. The molecule has 0 aliphatic carbocycles. The second-order valence-electron chi connectivity index (χ2n) is 4.07. The Hall–Kier alpha value is -2.70. The molecule has 0 aliphatic heterocycles. The predicted molar refractivity (Wildman–Crippen MR) is 66.5 cm³/mol. The molecule has 0 saturated carbocycles. The first kappa shape index (κ1) is 11.4. The SMILES string of the molecule is O=c1[nH]cnc2[nH]c(=O)n(Cc3ccc(F)cc3)c12. The fourth-order valence-corrected chi connectivity index (χ4v) is 1.93. The van der Waals surface area contributed by atoms with Crippen LogP contribution in [0.5, 0.6) is 0 Å². The summed E-state index contributed by atoms with van der Waals surface area (Å²) in [7, 11) is 0. The van der Waals surface area contributed by atoms with E-state index in [0.717, 1.165) is 0 Å². The topological polar surface area (TPSA) is 83.5 Å². The van der Waals surface area contributed by atoms with Gasteiger partial charge in [-0.15, -0.1) is 0 Å². The van der Waals surface area contributed by atoms with Gasteiger partial charge >= 0.3 is 5.69 Å². The average Bonchev–Trinajstić information content (AvgIpc) is 2.70. The van der Waals surface area contributed by atoms with Crippen LogP contribution in [0.3, 0.4) is 0 Å². The average molecular weight is 260 g/mol. The van der Waals surface area contributed by atoms with E-state index in [4.69, 9.17) is 0 Å². The third-order valence-electron chi connectivity index (χ3n) is 2.82. The zero-order valence-electron chi connectivity index (χ0n) is 9.68. The summed E-state index contributed by atoms with van der Waals surface area (Å²) in [5, 5.41) is 0. The van der Waals surface area contributed by atoms with Crippen molar-refractivity contribution in [2.45, 2.75) is 6.54 Å². The number of imidazole rings is 1. The maximum absolute atomic E-state index is 12.8. The van der Waals surface area contributed by atoms with Gasteiger partial charge in [0.1, 0.15) is 5.82 Å². The first-order valence-electron chi connectivity index (χ1n) is 5.56. The van der Waals surface area contributed by atoms with E-state index in [1.54, 1.807) is 12.1 Å². The van der Waals surface area contributed by atoms with Crippen LogP contribution >= 0.6 is 0 Å². The van der Waals surface area contributed by atoms with Gasteiger partial charge in [0.2, 0.25) is 0 Å². The molecule has 2 aromatic heterocycles. The largest absolute Gasteiger partial charge is 0.328 e. The standard InChI is InChI=1S/C12H9FN4O2/c13-8-3-1-7(2-4-8)5-17-9-10(16-12(17)19)14-6-15-11(9)18/h1-4,6H,5H2,(H2,14,15,16,18,19). The molecule has 0 atom stereocenters. The summed E-state index contributed by atoms with van der Waals surface area (Å²) >= 11 is 0. The minimum atomic E-state index is -0.427. The number of nitrogens with zero attached hydrogens (tertiary/aromatic N) is 2. The van der Waals surface area contributed by atoms with Crippen molar-refractivity contribution in [3.63, 3.8) is 0 Å². The Bertz CT molecular complexity index is 845. The van der Waals surface area contributed by atoms with Crippen LogP contribution in [0.4, 0.5) is 4.39 Å². The third-order valence-corrected chi connectivity index (χ3v) is 2.82. The summed E-state index contributed by atoms with van der Waals surface area (Å²) in [5.41, 5.74) is 0.300. The number of benzene rings is 1. The Labute approximate surface area is 105 Å². The normalized spacial score (nSPS) is 11.0. The van der Waals surface area contributed by atoms with Crippen LogP contribution in [0.2, 0.25) is 0 Å². The Morgan fingerprint density at radius 2 is 1.95 bits per heavy atom. The van der Waals surface area contributed by atoms with Crippen LogP contribution in [-0.2, 0) is 6.54 Å². The van der Waals surface area contributed by atoms with E-state index in [9.17, 15) is 14.0 Å². The van der Waals surface area contributed by atoms with Crippen molar-refractivity contribution in [3.05, 3.63) is 62.8 Å². The van der Waals surface area contributed by atoms with Gasteiger partial charge in [-0.1, -0.05) is 12.1 Å². The molecule has 0 saturated heterocycles. The highest BCUT2D eigenvalue weighted by Gasteiger charge is 2.11. The lowest BCUT2D eigenvalue weighted by Crippen LogP contribution is -2.20. The van der Waals surface area contributed by atoms with Gasteiger partial charge in [-0.05, 0) is 17.7 Å². The van der Waals surface area contributed by atoms with Crippen LogP contribution in [-0.4, -0.2) is 19.5 Å². The second kappa shape index (κ2) is 4.20. The summed E-state index contributed by atoms with van der Waals surface area (Å²) < 4.78 is 14.1. The van der Waals surface area contributed by atoms with Gasteiger partial charge in [-0.25, -0.2) is 14.2 Å². The molecule has 3 aromatic rings.